The normalized spacial score (nSPS) is 16.1. The minimum atomic E-state index is -0.202. The van der Waals surface area contributed by atoms with Gasteiger partial charge in [0.25, 0.3) is 0 Å². The molecule has 0 radical (unpaired) electrons. The molecule has 0 bridgehead atoms. The fraction of sp³-hybridized carbons (Fsp3) is 0.550. The lowest BCUT2D eigenvalue weighted by molar-refractivity contribution is -0.133. The van der Waals surface area contributed by atoms with Crippen LogP contribution in [0.4, 0.5) is 0 Å². The number of aromatic nitrogens is 3. The van der Waals surface area contributed by atoms with E-state index in [9.17, 15) is 4.79 Å². The van der Waals surface area contributed by atoms with Crippen molar-refractivity contribution in [1.82, 2.24) is 20.1 Å². The largest absolute Gasteiger partial charge is 0.497 e. The predicted molar refractivity (Wildman–Crippen MR) is 108 cm³/mol. The van der Waals surface area contributed by atoms with Crippen LogP contribution in [0.25, 0.3) is 11.4 Å². The summed E-state index contributed by atoms with van der Waals surface area (Å²) in [5.41, 5.74) is 0.937. The first kappa shape index (κ1) is 19.7. The Morgan fingerprint density at radius 1 is 1.30 bits per heavy atom. The van der Waals surface area contributed by atoms with Crippen molar-refractivity contribution >= 4 is 17.7 Å². The standard InChI is InChI=1S/C20H28N4O2S/c1-4-24(16-8-6-5-7-9-16)19(25)14(2)27-20-21-18(22-23-20)15-10-12-17(26-3)13-11-15/h10-14,16H,4-9H2,1-3H3,(H,21,22,23). The van der Waals surface area contributed by atoms with Crippen molar-refractivity contribution in [1.29, 1.82) is 0 Å². The molecule has 0 spiro atoms. The van der Waals surface area contributed by atoms with Crippen molar-refractivity contribution in [3.05, 3.63) is 24.3 Å². The monoisotopic (exact) mass is 388 g/mol. The van der Waals surface area contributed by atoms with E-state index in [0.717, 1.165) is 30.7 Å². The van der Waals surface area contributed by atoms with E-state index in [1.54, 1.807) is 7.11 Å². The van der Waals surface area contributed by atoms with Crippen LogP contribution in [0.1, 0.15) is 46.0 Å². The molecule has 1 unspecified atom stereocenters. The Balaban J connectivity index is 1.63. The van der Waals surface area contributed by atoms with Gasteiger partial charge in [-0.25, -0.2) is 4.98 Å². The van der Waals surface area contributed by atoms with E-state index in [0.29, 0.717) is 17.0 Å². The highest BCUT2D eigenvalue weighted by molar-refractivity contribution is 8.00. The van der Waals surface area contributed by atoms with Crippen LogP contribution < -0.4 is 4.74 Å². The topological polar surface area (TPSA) is 71.1 Å². The number of amides is 1. The minimum absolute atomic E-state index is 0.185. The lowest BCUT2D eigenvalue weighted by atomic mass is 9.94. The predicted octanol–water partition coefficient (Wildman–Crippen LogP) is 4.14. The Kier molecular flexibility index (Phi) is 6.77. The highest BCUT2D eigenvalue weighted by Gasteiger charge is 2.28. The highest BCUT2D eigenvalue weighted by atomic mass is 32.2. The zero-order valence-electron chi connectivity index (χ0n) is 16.3. The van der Waals surface area contributed by atoms with Crippen LogP contribution in [-0.2, 0) is 4.79 Å². The Labute approximate surface area is 165 Å². The van der Waals surface area contributed by atoms with Gasteiger partial charge in [-0.2, -0.15) is 0 Å². The molecule has 1 saturated carbocycles. The van der Waals surface area contributed by atoms with Gasteiger partial charge in [-0.05, 0) is 51.0 Å². The minimum Gasteiger partial charge on any atom is -0.497 e. The first-order valence-corrected chi connectivity index (χ1v) is 10.5. The molecule has 1 aliphatic rings. The van der Waals surface area contributed by atoms with Crippen LogP contribution in [0.5, 0.6) is 5.75 Å². The number of carbonyl (C=O) groups excluding carboxylic acids is 1. The van der Waals surface area contributed by atoms with Crippen LogP contribution in [0, 0.1) is 0 Å². The molecule has 6 nitrogen and oxygen atoms in total. The van der Waals surface area contributed by atoms with E-state index >= 15 is 0 Å². The molecule has 1 aliphatic carbocycles. The van der Waals surface area contributed by atoms with E-state index in [4.69, 9.17) is 4.74 Å². The van der Waals surface area contributed by atoms with Crippen molar-refractivity contribution in [2.24, 2.45) is 0 Å². The van der Waals surface area contributed by atoms with Gasteiger partial charge < -0.3 is 9.64 Å². The summed E-state index contributed by atoms with van der Waals surface area (Å²) in [5.74, 6) is 1.68. The number of benzene rings is 1. The maximum atomic E-state index is 13.0. The summed E-state index contributed by atoms with van der Waals surface area (Å²) >= 11 is 1.41. The van der Waals surface area contributed by atoms with Crippen LogP contribution in [0.15, 0.2) is 29.4 Å². The lowest BCUT2D eigenvalue weighted by Gasteiger charge is -2.35. The Hall–Kier alpha value is -2.02. The summed E-state index contributed by atoms with van der Waals surface area (Å²) in [6.07, 6.45) is 5.99. The van der Waals surface area contributed by atoms with Gasteiger partial charge in [0.05, 0.1) is 12.4 Å². The van der Waals surface area contributed by atoms with Crippen molar-refractivity contribution in [3.8, 4) is 17.1 Å². The van der Waals surface area contributed by atoms with Gasteiger partial charge in [0.1, 0.15) is 5.75 Å². The van der Waals surface area contributed by atoms with Gasteiger partial charge in [-0.1, -0.05) is 31.0 Å². The van der Waals surface area contributed by atoms with E-state index in [-0.39, 0.29) is 11.2 Å². The summed E-state index contributed by atoms with van der Waals surface area (Å²) in [6.45, 7) is 4.78. The average Bonchev–Trinajstić information content (AvgIpc) is 3.17. The molecule has 1 fully saturated rings. The summed E-state index contributed by atoms with van der Waals surface area (Å²) in [5, 5.41) is 7.64. The number of thioether (sulfide) groups is 1. The Morgan fingerprint density at radius 2 is 2.00 bits per heavy atom. The first-order valence-electron chi connectivity index (χ1n) is 9.66. The number of aromatic amines is 1. The van der Waals surface area contributed by atoms with Gasteiger partial charge in [0.2, 0.25) is 11.1 Å². The van der Waals surface area contributed by atoms with E-state index < -0.39 is 0 Å². The van der Waals surface area contributed by atoms with E-state index in [2.05, 4.69) is 22.1 Å². The number of H-pyrrole nitrogens is 1. The third-order valence-electron chi connectivity index (χ3n) is 5.10. The molecule has 0 aliphatic heterocycles. The first-order chi connectivity index (χ1) is 13.1. The lowest BCUT2D eigenvalue weighted by Crippen LogP contribution is -2.44. The van der Waals surface area contributed by atoms with Crippen LogP contribution in [-0.4, -0.2) is 50.9 Å². The van der Waals surface area contributed by atoms with Gasteiger partial charge in [-0.3, -0.25) is 9.89 Å². The summed E-state index contributed by atoms with van der Waals surface area (Å²) < 4.78 is 5.18. The molecular formula is C20H28N4O2S. The van der Waals surface area contributed by atoms with Crippen LogP contribution in [0.2, 0.25) is 0 Å². The van der Waals surface area contributed by atoms with Crippen molar-refractivity contribution in [3.63, 3.8) is 0 Å². The van der Waals surface area contributed by atoms with Crippen molar-refractivity contribution in [2.45, 2.75) is 62.4 Å². The number of hydrogen-bond acceptors (Lipinski definition) is 5. The number of ether oxygens (including phenoxy) is 1. The van der Waals surface area contributed by atoms with E-state index in [1.165, 1.54) is 31.0 Å². The van der Waals surface area contributed by atoms with Crippen LogP contribution in [0.3, 0.4) is 0 Å². The molecule has 1 aromatic carbocycles. The second kappa shape index (κ2) is 9.26. The second-order valence-electron chi connectivity index (χ2n) is 6.87. The molecule has 2 aromatic rings. The number of hydrogen-bond donors (Lipinski definition) is 1. The Morgan fingerprint density at radius 3 is 2.63 bits per heavy atom. The third kappa shape index (κ3) is 4.83. The molecule has 3 rings (SSSR count). The van der Waals surface area contributed by atoms with Gasteiger partial charge in [-0.15, -0.1) is 5.10 Å². The van der Waals surface area contributed by atoms with Crippen molar-refractivity contribution < 1.29 is 9.53 Å². The number of carbonyl (C=O) groups is 1. The zero-order valence-corrected chi connectivity index (χ0v) is 17.1. The quantitative estimate of drug-likeness (QED) is 0.722. The number of methoxy groups -OCH3 is 1. The summed E-state index contributed by atoms with van der Waals surface area (Å²) in [6, 6.07) is 8.04. The van der Waals surface area contributed by atoms with Crippen LogP contribution >= 0.6 is 11.8 Å². The van der Waals surface area contributed by atoms with Crippen molar-refractivity contribution in [2.75, 3.05) is 13.7 Å². The zero-order chi connectivity index (χ0) is 19.2. The smallest absolute Gasteiger partial charge is 0.236 e. The number of nitrogens with one attached hydrogen (secondary N) is 1. The molecule has 0 saturated heterocycles. The number of nitrogens with zero attached hydrogens (tertiary/aromatic N) is 3. The maximum absolute atomic E-state index is 13.0. The van der Waals surface area contributed by atoms with Gasteiger partial charge in [0, 0.05) is 18.2 Å². The molecule has 146 valence electrons. The molecular weight excluding hydrogens is 360 g/mol. The summed E-state index contributed by atoms with van der Waals surface area (Å²) in [4.78, 5) is 19.5. The summed E-state index contributed by atoms with van der Waals surface area (Å²) in [7, 11) is 1.64. The SMILES string of the molecule is CCN(C(=O)C(C)Sc1n[nH]c(-c2ccc(OC)cc2)n1)C1CCCCC1. The van der Waals surface area contributed by atoms with Gasteiger partial charge in [0.15, 0.2) is 5.82 Å². The average molecular weight is 389 g/mol. The fourth-order valence-corrected chi connectivity index (χ4v) is 4.40. The molecule has 1 atom stereocenters. The maximum Gasteiger partial charge on any atom is 0.236 e. The molecule has 1 aromatic heterocycles. The molecule has 1 N–H and O–H groups in total. The second-order valence-corrected chi connectivity index (χ2v) is 8.18. The Bertz CT molecular complexity index is 741. The third-order valence-corrected chi connectivity index (χ3v) is 6.05. The molecule has 1 heterocycles. The molecule has 7 heteroatoms. The molecule has 1 amide bonds. The van der Waals surface area contributed by atoms with Gasteiger partial charge >= 0.3 is 0 Å². The fourth-order valence-electron chi connectivity index (χ4n) is 3.61. The van der Waals surface area contributed by atoms with E-state index in [1.807, 2.05) is 36.1 Å². The highest BCUT2D eigenvalue weighted by Crippen LogP contribution is 2.28. The number of rotatable bonds is 7. The molecule has 27 heavy (non-hydrogen) atoms.